The van der Waals surface area contributed by atoms with Crippen molar-refractivity contribution < 1.29 is 0 Å². The Morgan fingerprint density at radius 1 is 0.411 bits per heavy atom. The maximum absolute atomic E-state index is 2.40. The molecule has 1 aliphatic rings. The number of thiophene rings is 1. The number of rotatable bonds is 6. The average Bonchev–Trinajstić information content (AvgIpc) is 3.65. The normalized spacial score (nSPS) is 12.2. The molecule has 0 spiro atoms. The molecule has 10 aromatic rings. The van der Waals surface area contributed by atoms with Crippen LogP contribution < -0.4 is 9.80 Å². The van der Waals surface area contributed by atoms with Crippen molar-refractivity contribution in [2.45, 2.75) is 9.79 Å². The highest BCUT2D eigenvalue weighted by Crippen LogP contribution is 2.52. The molecule has 11 rings (SSSR count). The summed E-state index contributed by atoms with van der Waals surface area (Å²) >= 11 is 3.72. The van der Waals surface area contributed by atoms with Crippen LogP contribution in [0.3, 0.4) is 0 Å². The summed E-state index contributed by atoms with van der Waals surface area (Å²) in [6, 6.07) is 75.1. The number of anilines is 6. The Hall–Kier alpha value is -6.59. The lowest BCUT2D eigenvalue weighted by atomic mass is 10.0. The minimum Gasteiger partial charge on any atom is -0.310 e. The summed E-state index contributed by atoms with van der Waals surface area (Å²) in [5, 5.41) is 5.08. The first-order chi connectivity index (χ1) is 27.8. The molecule has 56 heavy (non-hydrogen) atoms. The SMILES string of the molecule is c1ccc(N2c3ccccc3Sc3cc(-c4ccc(N(c5ccc(-c6cccc7c6sc6ccccc67)cc5)c5cccc6ccccc56)cc4)ccc32)cc1. The molecule has 2 nitrogen and oxygen atoms in total. The number of para-hydroxylation sites is 2. The lowest BCUT2D eigenvalue weighted by Gasteiger charge is -2.33. The zero-order valence-electron chi connectivity index (χ0n) is 30.3. The molecule has 0 N–H and O–H groups in total. The fourth-order valence-corrected chi connectivity index (χ4v) is 10.5. The van der Waals surface area contributed by atoms with Crippen molar-refractivity contribution in [2.24, 2.45) is 0 Å². The molecule has 4 heteroatoms. The summed E-state index contributed by atoms with van der Waals surface area (Å²) < 4.78 is 2.66. The topological polar surface area (TPSA) is 6.48 Å². The quantitative estimate of drug-likeness (QED) is 0.167. The summed E-state index contributed by atoms with van der Waals surface area (Å²) in [4.78, 5) is 7.28. The van der Waals surface area contributed by atoms with E-state index in [2.05, 4.69) is 216 Å². The summed E-state index contributed by atoms with van der Waals surface area (Å²) in [6.07, 6.45) is 0. The van der Waals surface area contributed by atoms with Crippen LogP contribution in [0.5, 0.6) is 0 Å². The van der Waals surface area contributed by atoms with Crippen molar-refractivity contribution in [1.82, 2.24) is 0 Å². The van der Waals surface area contributed by atoms with Crippen LogP contribution in [-0.2, 0) is 0 Å². The van der Waals surface area contributed by atoms with E-state index in [0.717, 1.165) is 22.7 Å². The van der Waals surface area contributed by atoms with E-state index in [4.69, 9.17) is 0 Å². The first-order valence-corrected chi connectivity index (χ1v) is 20.6. The van der Waals surface area contributed by atoms with Gasteiger partial charge in [-0.05, 0) is 100 Å². The van der Waals surface area contributed by atoms with E-state index < -0.39 is 0 Å². The van der Waals surface area contributed by atoms with Crippen molar-refractivity contribution in [3.63, 3.8) is 0 Å². The van der Waals surface area contributed by atoms with Crippen molar-refractivity contribution in [2.75, 3.05) is 9.80 Å². The van der Waals surface area contributed by atoms with Crippen LogP contribution in [0, 0.1) is 0 Å². The molecule has 1 aromatic heterocycles. The van der Waals surface area contributed by atoms with Crippen LogP contribution in [0.4, 0.5) is 34.1 Å². The molecule has 0 bridgehead atoms. The van der Waals surface area contributed by atoms with Crippen LogP contribution in [0.15, 0.2) is 216 Å². The van der Waals surface area contributed by atoms with E-state index in [9.17, 15) is 0 Å². The highest BCUT2D eigenvalue weighted by molar-refractivity contribution is 7.99. The van der Waals surface area contributed by atoms with Gasteiger partial charge in [-0.25, -0.2) is 0 Å². The monoisotopic (exact) mass is 750 g/mol. The molecule has 0 atom stereocenters. The zero-order valence-corrected chi connectivity index (χ0v) is 32.0. The minimum absolute atomic E-state index is 1.11. The summed E-state index contributed by atoms with van der Waals surface area (Å²) in [5.74, 6) is 0. The highest BCUT2D eigenvalue weighted by Gasteiger charge is 2.25. The molecular weight excluding hydrogens is 717 g/mol. The van der Waals surface area contributed by atoms with E-state index >= 15 is 0 Å². The third kappa shape index (κ3) is 5.57. The Balaban J connectivity index is 0.979. The van der Waals surface area contributed by atoms with Gasteiger partial charge in [0, 0.05) is 52.4 Å². The standard InChI is InChI=1S/C52H34N2S2/c1-2-14-39(15-3-1)54-47-20-7-9-23-50(47)55-51-34-38(28-33-48(51)54)35-24-29-40(30-25-35)53(46-21-10-13-36-12-4-5-16-42(36)46)41-31-26-37(27-32-41)43-18-11-19-45-44-17-6-8-22-49(44)56-52(43)45/h1-34H. The van der Waals surface area contributed by atoms with Crippen molar-refractivity contribution in [1.29, 1.82) is 0 Å². The van der Waals surface area contributed by atoms with E-state index in [0.29, 0.717) is 0 Å². The molecule has 9 aromatic carbocycles. The predicted molar refractivity (Wildman–Crippen MR) is 241 cm³/mol. The van der Waals surface area contributed by atoms with Gasteiger partial charge in [-0.2, -0.15) is 0 Å². The molecule has 2 heterocycles. The predicted octanol–water partition coefficient (Wildman–Crippen LogP) is 15.9. The van der Waals surface area contributed by atoms with Crippen LogP contribution in [0.2, 0.25) is 0 Å². The van der Waals surface area contributed by atoms with Crippen molar-refractivity contribution >= 4 is 88.2 Å². The molecule has 0 unspecified atom stereocenters. The van der Waals surface area contributed by atoms with Gasteiger partial charge in [-0.15, -0.1) is 11.3 Å². The average molecular weight is 751 g/mol. The molecule has 1 aliphatic heterocycles. The first-order valence-electron chi connectivity index (χ1n) is 18.9. The number of benzene rings is 9. The van der Waals surface area contributed by atoms with E-state index in [1.807, 2.05) is 23.1 Å². The second-order valence-corrected chi connectivity index (χ2v) is 16.3. The summed E-state index contributed by atoms with van der Waals surface area (Å²) in [5.41, 5.74) is 11.8. The minimum atomic E-state index is 1.11. The Bertz CT molecular complexity index is 3050. The van der Waals surface area contributed by atoms with E-state index in [1.54, 1.807) is 0 Å². The van der Waals surface area contributed by atoms with Gasteiger partial charge in [0.05, 0.1) is 17.1 Å². The van der Waals surface area contributed by atoms with Gasteiger partial charge >= 0.3 is 0 Å². The number of nitrogens with zero attached hydrogens (tertiary/aromatic N) is 2. The third-order valence-corrected chi connectivity index (χ3v) is 13.2. The molecule has 0 saturated carbocycles. The van der Waals surface area contributed by atoms with Crippen LogP contribution in [0.1, 0.15) is 0 Å². The van der Waals surface area contributed by atoms with Crippen molar-refractivity contribution in [3.8, 4) is 22.3 Å². The van der Waals surface area contributed by atoms with Crippen molar-refractivity contribution in [3.05, 3.63) is 206 Å². The van der Waals surface area contributed by atoms with Gasteiger partial charge in [-0.1, -0.05) is 145 Å². The Morgan fingerprint density at radius 2 is 1.04 bits per heavy atom. The largest absolute Gasteiger partial charge is 0.310 e. The Labute approximate surface area is 334 Å². The molecule has 0 radical (unpaired) electrons. The molecule has 0 fully saturated rings. The Morgan fingerprint density at radius 3 is 1.88 bits per heavy atom. The fourth-order valence-electron chi connectivity index (χ4n) is 8.19. The van der Waals surface area contributed by atoms with Crippen LogP contribution in [0.25, 0.3) is 53.2 Å². The fraction of sp³-hybridized carbons (Fsp3) is 0. The summed E-state index contributed by atoms with van der Waals surface area (Å²) in [7, 11) is 0. The Kier molecular flexibility index (Phi) is 7.97. The van der Waals surface area contributed by atoms with Gasteiger partial charge in [-0.3, -0.25) is 0 Å². The molecule has 0 aliphatic carbocycles. The van der Waals surface area contributed by atoms with Gasteiger partial charge in [0.15, 0.2) is 0 Å². The number of fused-ring (bicyclic) bond motifs is 6. The maximum atomic E-state index is 2.40. The first kappa shape index (κ1) is 32.8. The molecular formula is C52H34N2S2. The van der Waals surface area contributed by atoms with Gasteiger partial charge < -0.3 is 9.80 Å². The van der Waals surface area contributed by atoms with Gasteiger partial charge in [0.1, 0.15) is 0 Å². The van der Waals surface area contributed by atoms with Crippen LogP contribution in [-0.4, -0.2) is 0 Å². The molecule has 0 saturated heterocycles. The van der Waals surface area contributed by atoms with Gasteiger partial charge in [0.25, 0.3) is 0 Å². The third-order valence-electron chi connectivity index (χ3n) is 10.8. The molecule has 0 amide bonds. The second-order valence-electron chi connectivity index (χ2n) is 14.1. The van der Waals surface area contributed by atoms with E-state index in [-0.39, 0.29) is 0 Å². The zero-order chi connectivity index (χ0) is 37.0. The smallest absolute Gasteiger partial charge is 0.0602 e. The van der Waals surface area contributed by atoms with E-state index in [1.165, 1.54) is 74.4 Å². The number of hydrogen-bond donors (Lipinski definition) is 0. The summed E-state index contributed by atoms with van der Waals surface area (Å²) in [6.45, 7) is 0. The molecule has 264 valence electrons. The van der Waals surface area contributed by atoms with Crippen LogP contribution >= 0.6 is 23.1 Å². The van der Waals surface area contributed by atoms with Gasteiger partial charge in [0.2, 0.25) is 0 Å². The number of hydrogen-bond acceptors (Lipinski definition) is 4. The lowest BCUT2D eigenvalue weighted by Crippen LogP contribution is -2.14. The second kappa shape index (κ2) is 13.6. The lowest BCUT2D eigenvalue weighted by molar-refractivity contribution is 1.17. The highest BCUT2D eigenvalue weighted by atomic mass is 32.2. The maximum Gasteiger partial charge on any atom is 0.0602 e.